The van der Waals surface area contributed by atoms with Gasteiger partial charge in [0.2, 0.25) is 0 Å². The fraction of sp³-hybridized carbons (Fsp3) is 0.600. The van der Waals surface area contributed by atoms with Gasteiger partial charge in [-0.3, -0.25) is 0 Å². The maximum absolute atomic E-state index is 8.50. The Morgan fingerprint density at radius 1 is 0.632 bits per heavy atom. The number of rotatable bonds is 4. The fourth-order valence-electron chi connectivity index (χ4n) is 1.40. The second-order valence-corrected chi connectivity index (χ2v) is 5.15. The van der Waals surface area contributed by atoms with Gasteiger partial charge in [-0.15, -0.1) is 0 Å². The second-order valence-electron chi connectivity index (χ2n) is 5.15. The molecular formula is C15H26O4. The van der Waals surface area contributed by atoms with Crippen molar-refractivity contribution in [2.45, 2.75) is 27.7 Å². The molecule has 0 radical (unpaired) electrons. The first kappa shape index (κ1) is 18.1. The van der Waals surface area contributed by atoms with Gasteiger partial charge in [0.15, 0.2) is 0 Å². The molecule has 4 N–H and O–H groups in total. The van der Waals surface area contributed by atoms with Gasteiger partial charge in [-0.1, -0.05) is 12.1 Å². The Kier molecular flexibility index (Phi) is 7.87. The molecule has 0 unspecified atom stereocenters. The van der Waals surface area contributed by atoms with E-state index in [1.165, 1.54) is 22.3 Å². The number of benzene rings is 1. The van der Waals surface area contributed by atoms with Crippen LogP contribution in [0.4, 0.5) is 0 Å². The second kappa shape index (κ2) is 8.27. The van der Waals surface area contributed by atoms with Crippen LogP contribution in [0.15, 0.2) is 12.1 Å². The molecule has 19 heavy (non-hydrogen) atoms. The van der Waals surface area contributed by atoms with Gasteiger partial charge in [-0.2, -0.15) is 0 Å². The van der Waals surface area contributed by atoms with Crippen LogP contribution >= 0.6 is 0 Å². The number of hydrogen-bond acceptors (Lipinski definition) is 4. The van der Waals surface area contributed by atoms with Crippen molar-refractivity contribution in [3.8, 4) is 0 Å². The predicted octanol–water partition coefficient (Wildman–Crippen LogP) is 0.862. The first-order valence-electron chi connectivity index (χ1n) is 6.33. The van der Waals surface area contributed by atoms with E-state index in [4.69, 9.17) is 20.4 Å². The molecule has 0 fully saturated rings. The third-order valence-corrected chi connectivity index (χ3v) is 3.45. The summed E-state index contributed by atoms with van der Waals surface area (Å²) in [7, 11) is 0. The largest absolute Gasteiger partial charge is 0.396 e. The fourth-order valence-corrected chi connectivity index (χ4v) is 1.40. The van der Waals surface area contributed by atoms with Gasteiger partial charge < -0.3 is 20.4 Å². The van der Waals surface area contributed by atoms with Gasteiger partial charge in [0.05, 0.1) is 31.8 Å². The van der Waals surface area contributed by atoms with Crippen molar-refractivity contribution in [3.63, 3.8) is 0 Å². The molecule has 4 nitrogen and oxygen atoms in total. The predicted molar refractivity (Wildman–Crippen MR) is 76.2 cm³/mol. The zero-order chi connectivity index (χ0) is 15.1. The summed E-state index contributed by atoms with van der Waals surface area (Å²) in [6.07, 6.45) is 0. The summed E-state index contributed by atoms with van der Waals surface area (Å²) in [5.41, 5.74) is 4.46. The third-order valence-electron chi connectivity index (χ3n) is 3.45. The van der Waals surface area contributed by atoms with Crippen molar-refractivity contribution in [2.24, 2.45) is 5.41 Å². The Morgan fingerprint density at radius 2 is 0.842 bits per heavy atom. The topological polar surface area (TPSA) is 80.9 Å². The lowest BCUT2D eigenvalue weighted by molar-refractivity contribution is -0.0328. The Hall–Kier alpha value is -0.940. The Morgan fingerprint density at radius 3 is 0.947 bits per heavy atom. The molecule has 0 bridgehead atoms. The molecule has 0 aromatic heterocycles. The minimum atomic E-state index is -1.11. The van der Waals surface area contributed by atoms with Crippen molar-refractivity contribution in [2.75, 3.05) is 26.4 Å². The van der Waals surface area contributed by atoms with Crippen LogP contribution in [-0.2, 0) is 0 Å². The van der Waals surface area contributed by atoms with Gasteiger partial charge in [0, 0.05) is 0 Å². The zero-order valence-corrected chi connectivity index (χ0v) is 12.3. The molecule has 110 valence electrons. The van der Waals surface area contributed by atoms with Crippen LogP contribution in [0, 0.1) is 33.1 Å². The molecule has 0 atom stereocenters. The van der Waals surface area contributed by atoms with Gasteiger partial charge in [0.1, 0.15) is 0 Å². The molecular weight excluding hydrogens is 244 g/mol. The van der Waals surface area contributed by atoms with Crippen molar-refractivity contribution in [1.82, 2.24) is 0 Å². The number of aliphatic hydroxyl groups is 4. The Labute approximate surface area is 115 Å². The first-order valence-corrected chi connectivity index (χ1v) is 6.33. The summed E-state index contributed by atoms with van der Waals surface area (Å²) in [4.78, 5) is 0. The van der Waals surface area contributed by atoms with E-state index in [0.717, 1.165) is 0 Å². The average Bonchev–Trinajstić information content (AvgIpc) is 2.41. The molecule has 0 saturated carbocycles. The lowest BCUT2D eigenvalue weighted by Gasteiger charge is -2.23. The molecule has 0 aliphatic heterocycles. The van der Waals surface area contributed by atoms with E-state index in [-0.39, 0.29) is 0 Å². The van der Waals surface area contributed by atoms with E-state index in [1.54, 1.807) is 0 Å². The maximum atomic E-state index is 8.50. The molecule has 1 rings (SSSR count). The van der Waals surface area contributed by atoms with Crippen molar-refractivity contribution < 1.29 is 20.4 Å². The van der Waals surface area contributed by atoms with Crippen LogP contribution in [0.5, 0.6) is 0 Å². The molecule has 0 aliphatic rings. The summed E-state index contributed by atoms with van der Waals surface area (Å²) >= 11 is 0. The van der Waals surface area contributed by atoms with E-state index in [2.05, 4.69) is 39.8 Å². The molecule has 0 aliphatic carbocycles. The number of aliphatic hydroxyl groups excluding tert-OH is 4. The van der Waals surface area contributed by atoms with Crippen LogP contribution < -0.4 is 0 Å². The summed E-state index contributed by atoms with van der Waals surface area (Å²) < 4.78 is 0. The van der Waals surface area contributed by atoms with E-state index >= 15 is 0 Å². The highest BCUT2D eigenvalue weighted by Crippen LogP contribution is 2.13. The van der Waals surface area contributed by atoms with Crippen LogP contribution in [0.25, 0.3) is 0 Å². The summed E-state index contributed by atoms with van der Waals surface area (Å²) in [5, 5.41) is 34.0. The minimum Gasteiger partial charge on any atom is -0.396 e. The lowest BCUT2D eigenvalue weighted by Crippen LogP contribution is -2.37. The highest BCUT2D eigenvalue weighted by Gasteiger charge is 2.26. The number of aryl methyl sites for hydroxylation is 4. The molecule has 0 amide bonds. The number of hydrogen-bond donors (Lipinski definition) is 4. The lowest BCUT2D eigenvalue weighted by atomic mass is 9.93. The maximum Gasteiger partial charge on any atom is 0.0627 e. The third kappa shape index (κ3) is 5.28. The molecule has 1 aromatic carbocycles. The van der Waals surface area contributed by atoms with Crippen LogP contribution in [0.2, 0.25) is 0 Å². The van der Waals surface area contributed by atoms with Crippen molar-refractivity contribution in [3.05, 3.63) is 34.4 Å². The zero-order valence-electron chi connectivity index (χ0n) is 12.3. The average molecular weight is 270 g/mol. The van der Waals surface area contributed by atoms with E-state index < -0.39 is 31.8 Å². The summed E-state index contributed by atoms with van der Waals surface area (Å²) in [5.74, 6) is 0. The van der Waals surface area contributed by atoms with Crippen LogP contribution in [0.1, 0.15) is 22.3 Å². The van der Waals surface area contributed by atoms with E-state index in [0.29, 0.717) is 0 Å². The quantitative estimate of drug-likeness (QED) is 0.654. The highest BCUT2D eigenvalue weighted by molar-refractivity contribution is 5.35. The van der Waals surface area contributed by atoms with Crippen LogP contribution in [-0.4, -0.2) is 46.9 Å². The normalized spacial score (nSPS) is 10.9. The van der Waals surface area contributed by atoms with Gasteiger partial charge in [-0.05, 0) is 49.9 Å². The standard InChI is InChI=1S/C10H14.C5H12O4/c1-7-5-9(3)10(4)6-8(7)2;6-1-5(2-7,3-8)4-9/h5-6H,1-4H3;6-9H,1-4H2. The summed E-state index contributed by atoms with van der Waals surface area (Å²) in [6, 6.07) is 4.48. The van der Waals surface area contributed by atoms with Crippen molar-refractivity contribution in [1.29, 1.82) is 0 Å². The monoisotopic (exact) mass is 270 g/mol. The van der Waals surface area contributed by atoms with Gasteiger partial charge >= 0.3 is 0 Å². The van der Waals surface area contributed by atoms with Gasteiger partial charge in [0.25, 0.3) is 0 Å². The molecule has 0 spiro atoms. The Balaban J connectivity index is 0.000000344. The minimum absolute atomic E-state index is 0.406. The Bertz CT molecular complexity index is 316. The molecule has 0 heterocycles. The van der Waals surface area contributed by atoms with Crippen molar-refractivity contribution >= 4 is 0 Å². The van der Waals surface area contributed by atoms with Gasteiger partial charge in [-0.25, -0.2) is 0 Å². The smallest absolute Gasteiger partial charge is 0.0627 e. The SMILES string of the molecule is Cc1cc(C)c(C)cc1C.OCC(CO)(CO)CO. The van der Waals surface area contributed by atoms with E-state index in [1.807, 2.05) is 0 Å². The van der Waals surface area contributed by atoms with Crippen LogP contribution in [0.3, 0.4) is 0 Å². The summed E-state index contributed by atoms with van der Waals surface area (Å²) in [6.45, 7) is 6.99. The van der Waals surface area contributed by atoms with E-state index in [9.17, 15) is 0 Å². The highest BCUT2D eigenvalue weighted by atomic mass is 16.3. The first-order chi connectivity index (χ1) is 8.85. The molecule has 0 saturated heterocycles. The molecule has 1 aromatic rings. The molecule has 4 heteroatoms.